The van der Waals surface area contributed by atoms with Crippen molar-refractivity contribution in [1.29, 1.82) is 0 Å². The monoisotopic (exact) mass is 541 g/mol. The van der Waals surface area contributed by atoms with E-state index in [4.69, 9.17) is 16.3 Å². The SMILES string of the molecule is O=S(=O)(NC[C@@H]1CC[C@@]2(S(=O)(=O)c3ccc(Cl)cc3)c3c(F)ccc(F)c3OC[C@H]2C1)C(F)F. The van der Waals surface area contributed by atoms with Gasteiger partial charge in [0.15, 0.2) is 21.4 Å². The number of sulfone groups is 1. The lowest BCUT2D eigenvalue weighted by Gasteiger charge is -2.49. The van der Waals surface area contributed by atoms with Gasteiger partial charge in [0.05, 0.1) is 17.1 Å². The summed E-state index contributed by atoms with van der Waals surface area (Å²) in [5.41, 5.74) is -0.412. The second-order valence-corrected chi connectivity index (χ2v) is 12.8. The molecule has 0 unspecified atom stereocenters. The number of rotatable bonds is 6. The van der Waals surface area contributed by atoms with E-state index in [2.05, 4.69) is 0 Å². The highest BCUT2D eigenvalue weighted by molar-refractivity contribution is 7.92. The normalized spacial score (nSPS) is 24.9. The molecule has 1 saturated carbocycles. The molecule has 186 valence electrons. The summed E-state index contributed by atoms with van der Waals surface area (Å²) >= 11 is 5.89. The van der Waals surface area contributed by atoms with Crippen LogP contribution in [-0.2, 0) is 24.6 Å². The second kappa shape index (κ2) is 8.96. The van der Waals surface area contributed by atoms with Gasteiger partial charge in [-0.1, -0.05) is 11.6 Å². The van der Waals surface area contributed by atoms with Crippen molar-refractivity contribution in [2.45, 2.75) is 34.7 Å². The van der Waals surface area contributed by atoms with Gasteiger partial charge in [0.2, 0.25) is 0 Å². The summed E-state index contributed by atoms with van der Waals surface area (Å²) in [5, 5.41) is 0.285. The lowest BCUT2D eigenvalue weighted by molar-refractivity contribution is 0.0989. The van der Waals surface area contributed by atoms with E-state index >= 15 is 4.39 Å². The van der Waals surface area contributed by atoms with E-state index in [-0.39, 0.29) is 42.3 Å². The number of halogens is 5. The maximum Gasteiger partial charge on any atom is 0.350 e. The molecule has 0 aromatic heterocycles. The van der Waals surface area contributed by atoms with Crippen LogP contribution in [0.1, 0.15) is 24.8 Å². The molecule has 1 N–H and O–H groups in total. The third-order valence-electron chi connectivity index (χ3n) is 6.52. The molecule has 0 saturated heterocycles. The van der Waals surface area contributed by atoms with Crippen molar-refractivity contribution < 1.29 is 39.1 Å². The largest absolute Gasteiger partial charge is 0.490 e. The van der Waals surface area contributed by atoms with E-state index in [1.54, 1.807) is 0 Å². The number of nitrogens with one attached hydrogen (secondary N) is 1. The predicted molar refractivity (Wildman–Crippen MR) is 116 cm³/mol. The fourth-order valence-corrected chi connectivity index (χ4v) is 8.00. The molecule has 1 heterocycles. The summed E-state index contributed by atoms with van der Waals surface area (Å²) < 4.78 is 111. The van der Waals surface area contributed by atoms with Crippen molar-refractivity contribution in [2.75, 3.05) is 13.2 Å². The van der Waals surface area contributed by atoms with Gasteiger partial charge >= 0.3 is 5.76 Å². The van der Waals surface area contributed by atoms with E-state index < -0.39 is 65.1 Å². The molecule has 13 heteroatoms. The van der Waals surface area contributed by atoms with Gasteiger partial charge in [-0.3, -0.25) is 0 Å². The average molecular weight is 542 g/mol. The van der Waals surface area contributed by atoms with Crippen molar-refractivity contribution in [3.8, 4) is 5.75 Å². The summed E-state index contributed by atoms with van der Waals surface area (Å²) in [6, 6.07) is 6.97. The molecule has 2 aromatic carbocycles. The first-order valence-corrected chi connectivity index (χ1v) is 13.7. The smallest absolute Gasteiger partial charge is 0.350 e. The summed E-state index contributed by atoms with van der Waals surface area (Å²) in [6.45, 7) is -0.628. The van der Waals surface area contributed by atoms with Crippen LogP contribution in [0.5, 0.6) is 5.75 Å². The minimum Gasteiger partial charge on any atom is -0.490 e. The highest BCUT2D eigenvalue weighted by Crippen LogP contribution is 2.57. The maximum atomic E-state index is 15.2. The van der Waals surface area contributed by atoms with E-state index in [1.165, 1.54) is 24.3 Å². The van der Waals surface area contributed by atoms with Crippen molar-refractivity contribution >= 4 is 31.5 Å². The summed E-state index contributed by atoms with van der Waals surface area (Å²) in [6.07, 6.45) is -0.112. The van der Waals surface area contributed by atoms with E-state index in [9.17, 15) is 30.0 Å². The van der Waals surface area contributed by atoms with Crippen molar-refractivity contribution in [2.24, 2.45) is 11.8 Å². The Morgan fingerprint density at radius 2 is 1.71 bits per heavy atom. The van der Waals surface area contributed by atoms with E-state index in [1.807, 2.05) is 4.72 Å². The molecule has 2 aromatic rings. The van der Waals surface area contributed by atoms with Crippen LogP contribution in [0.3, 0.4) is 0 Å². The zero-order chi connectivity index (χ0) is 24.9. The van der Waals surface area contributed by atoms with E-state index in [0.29, 0.717) is 0 Å². The van der Waals surface area contributed by atoms with Gasteiger partial charge in [-0.25, -0.2) is 30.3 Å². The Bertz CT molecular complexity index is 1310. The minimum atomic E-state index is -4.83. The number of benzene rings is 2. The molecule has 0 radical (unpaired) electrons. The van der Waals surface area contributed by atoms with Crippen LogP contribution in [0.15, 0.2) is 41.3 Å². The summed E-state index contributed by atoms with van der Waals surface area (Å²) in [5.74, 6) is -7.36. The zero-order valence-electron chi connectivity index (χ0n) is 17.5. The highest BCUT2D eigenvalue weighted by atomic mass is 35.5. The Morgan fingerprint density at radius 3 is 2.35 bits per heavy atom. The topological polar surface area (TPSA) is 89.5 Å². The van der Waals surface area contributed by atoms with Gasteiger partial charge in [-0.2, -0.15) is 8.78 Å². The van der Waals surface area contributed by atoms with Gasteiger partial charge in [-0.05, 0) is 61.6 Å². The van der Waals surface area contributed by atoms with Crippen LogP contribution in [0.4, 0.5) is 17.6 Å². The van der Waals surface area contributed by atoms with Crippen molar-refractivity contribution in [3.63, 3.8) is 0 Å². The molecule has 0 bridgehead atoms. The fourth-order valence-electron chi connectivity index (χ4n) is 4.91. The number of hydrogen-bond donors (Lipinski definition) is 1. The number of ether oxygens (including phenoxy) is 1. The molecule has 34 heavy (non-hydrogen) atoms. The molecule has 0 spiro atoms. The number of fused-ring (bicyclic) bond motifs is 3. The maximum absolute atomic E-state index is 15.2. The third kappa shape index (κ3) is 4.08. The van der Waals surface area contributed by atoms with Crippen molar-refractivity contribution in [3.05, 3.63) is 58.6 Å². The lowest BCUT2D eigenvalue weighted by atomic mass is 9.69. The van der Waals surface area contributed by atoms with Crippen LogP contribution < -0.4 is 9.46 Å². The quantitative estimate of drug-likeness (QED) is 0.553. The molecule has 1 aliphatic carbocycles. The summed E-state index contributed by atoms with van der Waals surface area (Å²) in [7, 11) is -9.17. The van der Waals surface area contributed by atoms with Gasteiger partial charge in [-0.15, -0.1) is 0 Å². The molecule has 2 aliphatic rings. The first kappa shape index (κ1) is 25.2. The molecule has 0 amide bonds. The summed E-state index contributed by atoms with van der Waals surface area (Å²) in [4.78, 5) is -0.143. The predicted octanol–water partition coefficient (Wildman–Crippen LogP) is 4.24. The average Bonchev–Trinajstić information content (AvgIpc) is 2.79. The van der Waals surface area contributed by atoms with Gasteiger partial charge < -0.3 is 4.74 Å². The van der Waals surface area contributed by atoms with Gasteiger partial charge in [0.25, 0.3) is 10.0 Å². The van der Waals surface area contributed by atoms with Crippen LogP contribution in [-0.4, -0.2) is 35.7 Å². The molecule has 4 rings (SSSR count). The number of alkyl halides is 2. The number of hydrogen-bond acceptors (Lipinski definition) is 5. The van der Waals surface area contributed by atoms with Crippen LogP contribution in [0.2, 0.25) is 5.02 Å². The Labute approximate surface area is 199 Å². The van der Waals surface area contributed by atoms with Crippen LogP contribution in [0, 0.1) is 23.5 Å². The Hall–Kier alpha value is -1.89. The Balaban J connectivity index is 1.79. The van der Waals surface area contributed by atoms with Crippen LogP contribution in [0.25, 0.3) is 0 Å². The fraction of sp³-hybridized carbons (Fsp3) is 0.429. The molecule has 1 fully saturated rings. The van der Waals surface area contributed by atoms with Gasteiger partial charge in [0, 0.05) is 17.5 Å². The highest BCUT2D eigenvalue weighted by Gasteiger charge is 2.59. The Kier molecular flexibility index (Phi) is 6.64. The minimum absolute atomic E-state index is 0.0218. The molecule has 1 aliphatic heterocycles. The van der Waals surface area contributed by atoms with Crippen molar-refractivity contribution in [1.82, 2.24) is 4.72 Å². The number of sulfonamides is 1. The second-order valence-electron chi connectivity index (χ2n) is 8.38. The van der Waals surface area contributed by atoms with Crippen LogP contribution >= 0.6 is 11.6 Å². The first-order valence-electron chi connectivity index (χ1n) is 10.3. The zero-order valence-corrected chi connectivity index (χ0v) is 19.9. The molecular weight excluding hydrogens is 522 g/mol. The lowest BCUT2D eigenvalue weighted by Crippen LogP contribution is -2.53. The van der Waals surface area contributed by atoms with E-state index in [0.717, 1.165) is 12.1 Å². The standard InChI is InChI=1S/C21H20ClF4NO5S2/c22-14-1-3-15(4-2-14)33(28,29)21-8-7-12(10-27-34(30,31)20(25)26)9-13(21)11-32-19-17(24)6-5-16(23)18(19)21/h1-6,12-13,20,27H,7-11H2/t12-,13-,21+/m1/s1. The van der Waals surface area contributed by atoms with Gasteiger partial charge in [0.1, 0.15) is 10.6 Å². The Morgan fingerprint density at radius 1 is 1.06 bits per heavy atom. The molecule has 6 nitrogen and oxygen atoms in total. The molecule has 3 atom stereocenters. The molecular formula is C21H20ClF4NO5S2. The third-order valence-corrected chi connectivity index (χ3v) is 10.4. The first-order chi connectivity index (χ1) is 15.9.